The van der Waals surface area contributed by atoms with Crippen LogP contribution in [0.2, 0.25) is 0 Å². The van der Waals surface area contributed by atoms with E-state index < -0.39 is 0 Å². The van der Waals surface area contributed by atoms with E-state index in [-0.39, 0.29) is 5.41 Å². The van der Waals surface area contributed by atoms with Crippen molar-refractivity contribution >= 4 is 32.9 Å². The summed E-state index contributed by atoms with van der Waals surface area (Å²) in [5, 5.41) is 4.98. The minimum absolute atomic E-state index is 0.0292. The Labute approximate surface area is 178 Å². The predicted molar refractivity (Wildman–Crippen MR) is 130 cm³/mol. The van der Waals surface area contributed by atoms with Crippen LogP contribution in [0.1, 0.15) is 13.8 Å². The molecule has 0 saturated heterocycles. The maximum atomic E-state index is 2.40. The van der Waals surface area contributed by atoms with Gasteiger partial charge in [-0.05, 0) is 35.1 Å². The maximum Gasteiger partial charge on any atom is 0.0540 e. The molecule has 0 N–H and O–H groups in total. The highest BCUT2D eigenvalue weighted by Gasteiger charge is 2.20. The van der Waals surface area contributed by atoms with Crippen molar-refractivity contribution in [2.75, 3.05) is 4.90 Å². The lowest BCUT2D eigenvalue weighted by atomic mass is 9.93. The summed E-state index contributed by atoms with van der Waals surface area (Å²) in [6.45, 7) is 4.47. The third kappa shape index (κ3) is 3.33. The molecule has 0 unspecified atom stereocenters. The van der Waals surface area contributed by atoms with Gasteiger partial charge < -0.3 is 4.90 Å². The zero-order valence-corrected chi connectivity index (χ0v) is 17.4. The highest BCUT2D eigenvalue weighted by atomic mass is 15.1. The smallest absolute Gasteiger partial charge is 0.0540 e. The molecule has 30 heavy (non-hydrogen) atoms. The molecule has 0 heterocycles. The van der Waals surface area contributed by atoms with Crippen molar-refractivity contribution in [1.29, 1.82) is 0 Å². The molecule has 0 amide bonds. The summed E-state index contributed by atoms with van der Waals surface area (Å²) in [6, 6.07) is 30.3. The molecule has 1 heteroatoms. The summed E-state index contributed by atoms with van der Waals surface area (Å²) >= 11 is 0. The fourth-order valence-electron chi connectivity index (χ4n) is 4.17. The summed E-state index contributed by atoms with van der Waals surface area (Å²) in [5.41, 5.74) is 3.56. The SMILES string of the molecule is CC1(C)C=CC=C(N(c2cccc3ccccc23)c2cccc3ccccc23)C=C1. The number of rotatable bonds is 3. The van der Waals surface area contributed by atoms with Crippen LogP contribution in [-0.2, 0) is 0 Å². The van der Waals surface area contributed by atoms with Crippen molar-refractivity contribution in [2.24, 2.45) is 5.41 Å². The average molecular weight is 388 g/mol. The highest BCUT2D eigenvalue weighted by molar-refractivity contribution is 6.03. The van der Waals surface area contributed by atoms with Gasteiger partial charge in [0.1, 0.15) is 0 Å². The molecule has 1 nitrogen and oxygen atoms in total. The lowest BCUT2D eigenvalue weighted by molar-refractivity contribution is 0.627. The fourth-order valence-corrected chi connectivity index (χ4v) is 4.17. The van der Waals surface area contributed by atoms with Gasteiger partial charge in [-0.1, -0.05) is 105 Å². The van der Waals surface area contributed by atoms with Crippen LogP contribution in [0.5, 0.6) is 0 Å². The Balaban J connectivity index is 1.81. The Morgan fingerprint density at radius 3 is 1.73 bits per heavy atom. The molecule has 4 aromatic rings. The lowest BCUT2D eigenvalue weighted by Crippen LogP contribution is -2.16. The quantitative estimate of drug-likeness (QED) is 0.343. The number of allylic oxidation sites excluding steroid dienone is 5. The van der Waals surface area contributed by atoms with Gasteiger partial charge in [0.15, 0.2) is 0 Å². The van der Waals surface area contributed by atoms with E-state index in [0.29, 0.717) is 0 Å². The van der Waals surface area contributed by atoms with Crippen LogP contribution in [0.3, 0.4) is 0 Å². The zero-order valence-electron chi connectivity index (χ0n) is 17.4. The van der Waals surface area contributed by atoms with E-state index >= 15 is 0 Å². The summed E-state index contributed by atoms with van der Waals surface area (Å²) in [7, 11) is 0. The minimum Gasteiger partial charge on any atom is -0.309 e. The second kappa shape index (κ2) is 7.35. The second-order valence-corrected chi connectivity index (χ2v) is 8.44. The molecule has 0 fully saturated rings. The van der Waals surface area contributed by atoms with Gasteiger partial charge in [0.2, 0.25) is 0 Å². The van der Waals surface area contributed by atoms with Crippen molar-refractivity contribution in [3.05, 3.63) is 121 Å². The Kier molecular flexibility index (Phi) is 4.52. The molecule has 0 spiro atoms. The van der Waals surface area contributed by atoms with Crippen molar-refractivity contribution in [2.45, 2.75) is 13.8 Å². The molecule has 146 valence electrons. The number of hydrogen-bond donors (Lipinski definition) is 0. The van der Waals surface area contributed by atoms with Crippen molar-refractivity contribution in [1.82, 2.24) is 0 Å². The van der Waals surface area contributed by atoms with Gasteiger partial charge in [-0.15, -0.1) is 0 Å². The van der Waals surface area contributed by atoms with Crippen molar-refractivity contribution in [3.8, 4) is 0 Å². The van der Waals surface area contributed by atoms with E-state index in [1.54, 1.807) is 0 Å². The van der Waals surface area contributed by atoms with Crippen molar-refractivity contribution in [3.63, 3.8) is 0 Å². The summed E-state index contributed by atoms with van der Waals surface area (Å²) < 4.78 is 0. The van der Waals surface area contributed by atoms with Crippen LogP contribution in [0, 0.1) is 5.41 Å². The Morgan fingerprint density at radius 1 is 0.600 bits per heavy atom. The van der Waals surface area contributed by atoms with Gasteiger partial charge in [0.05, 0.1) is 11.4 Å². The number of hydrogen-bond acceptors (Lipinski definition) is 1. The van der Waals surface area contributed by atoms with Crippen LogP contribution in [0.15, 0.2) is 121 Å². The topological polar surface area (TPSA) is 3.24 Å². The van der Waals surface area contributed by atoms with Gasteiger partial charge in [0.25, 0.3) is 0 Å². The van der Waals surface area contributed by atoms with Gasteiger partial charge >= 0.3 is 0 Å². The van der Waals surface area contributed by atoms with Crippen LogP contribution in [0.4, 0.5) is 11.4 Å². The predicted octanol–water partition coefficient (Wildman–Crippen LogP) is 8.17. The molecule has 0 radical (unpaired) electrons. The van der Waals surface area contributed by atoms with Crippen LogP contribution in [-0.4, -0.2) is 0 Å². The van der Waals surface area contributed by atoms with Gasteiger partial charge in [-0.2, -0.15) is 0 Å². The van der Waals surface area contributed by atoms with E-state index in [0.717, 1.165) is 5.70 Å². The first-order chi connectivity index (χ1) is 14.6. The average Bonchev–Trinajstić information content (AvgIpc) is 2.95. The number of fused-ring (bicyclic) bond motifs is 2. The molecule has 0 aromatic heterocycles. The monoisotopic (exact) mass is 387 g/mol. The Morgan fingerprint density at radius 2 is 1.13 bits per heavy atom. The molecule has 5 rings (SSSR count). The first-order valence-corrected chi connectivity index (χ1v) is 10.5. The molecule has 0 bridgehead atoms. The molecule has 0 saturated carbocycles. The van der Waals surface area contributed by atoms with Crippen LogP contribution in [0.25, 0.3) is 21.5 Å². The largest absolute Gasteiger partial charge is 0.309 e. The number of nitrogens with zero attached hydrogens (tertiary/aromatic N) is 1. The molecular weight excluding hydrogens is 362 g/mol. The van der Waals surface area contributed by atoms with Gasteiger partial charge in [-0.3, -0.25) is 0 Å². The van der Waals surface area contributed by atoms with Gasteiger partial charge in [0, 0.05) is 21.9 Å². The van der Waals surface area contributed by atoms with Crippen molar-refractivity contribution < 1.29 is 0 Å². The highest BCUT2D eigenvalue weighted by Crippen LogP contribution is 2.40. The maximum absolute atomic E-state index is 2.40. The normalized spacial score (nSPS) is 15.2. The molecule has 1 aliphatic rings. The summed E-state index contributed by atoms with van der Waals surface area (Å²) in [4.78, 5) is 2.40. The second-order valence-electron chi connectivity index (χ2n) is 8.44. The Bertz CT molecular complexity index is 1230. The van der Waals surface area contributed by atoms with E-state index in [9.17, 15) is 0 Å². The Hall–Kier alpha value is -3.58. The number of anilines is 2. The van der Waals surface area contributed by atoms with Crippen LogP contribution >= 0.6 is 0 Å². The zero-order chi connectivity index (χ0) is 20.6. The van der Waals surface area contributed by atoms with E-state index in [2.05, 4.69) is 134 Å². The third-order valence-corrected chi connectivity index (χ3v) is 5.75. The third-order valence-electron chi connectivity index (χ3n) is 5.75. The van der Waals surface area contributed by atoms with Gasteiger partial charge in [-0.25, -0.2) is 0 Å². The van der Waals surface area contributed by atoms with E-state index in [1.165, 1.54) is 32.9 Å². The van der Waals surface area contributed by atoms with Crippen LogP contribution < -0.4 is 4.90 Å². The molecular formula is C29H25N. The lowest BCUT2D eigenvalue weighted by Gasteiger charge is -2.29. The molecule has 0 aliphatic heterocycles. The first-order valence-electron chi connectivity index (χ1n) is 10.5. The summed E-state index contributed by atoms with van der Waals surface area (Å²) in [6.07, 6.45) is 11.2. The fraction of sp³-hybridized carbons (Fsp3) is 0.103. The van der Waals surface area contributed by atoms with E-state index in [1.807, 2.05) is 0 Å². The molecule has 4 aromatic carbocycles. The number of benzene rings is 4. The minimum atomic E-state index is 0.0292. The standard InChI is InChI=1S/C29H25N/c1-29(2)20-9-14-24(19-21-29)30(27-17-7-12-22-10-3-5-15-25(22)27)28-18-8-13-23-11-4-6-16-26(23)28/h3-21H,1-2H3. The summed E-state index contributed by atoms with van der Waals surface area (Å²) in [5.74, 6) is 0. The molecule has 0 atom stereocenters. The molecule has 1 aliphatic carbocycles. The van der Waals surface area contributed by atoms with E-state index in [4.69, 9.17) is 0 Å². The first kappa shape index (κ1) is 18.4.